The van der Waals surface area contributed by atoms with E-state index in [1.165, 1.54) is 29.2 Å². The fraction of sp³-hybridized carbons (Fsp3) is 0.343. The number of urea groups is 1. The summed E-state index contributed by atoms with van der Waals surface area (Å²) in [4.78, 5) is 42.1. The SMILES string of the molecule is CC(c1cn(C)c2ccccc12)C(NC(=O)N1CCC(Oc2ccc(F)cc2)CC1)C(=O)N(C)c1ccc(CNC(=O)C(F)(F)F)cc1. The number of para-hydroxylation sites is 1. The Morgan fingerprint density at radius 3 is 2.27 bits per heavy atom. The zero-order valence-electron chi connectivity index (χ0n) is 26.8. The molecule has 254 valence electrons. The molecular formula is C35H37F4N5O4. The highest BCUT2D eigenvalue weighted by atomic mass is 19.4. The summed E-state index contributed by atoms with van der Waals surface area (Å²) in [5.74, 6) is -2.68. The molecule has 5 rings (SSSR count). The minimum atomic E-state index is -4.99. The molecule has 2 N–H and O–H groups in total. The van der Waals surface area contributed by atoms with Gasteiger partial charge in [-0.3, -0.25) is 9.59 Å². The van der Waals surface area contributed by atoms with Crippen LogP contribution in [0.15, 0.2) is 79.0 Å². The van der Waals surface area contributed by atoms with Gasteiger partial charge < -0.3 is 29.7 Å². The van der Waals surface area contributed by atoms with Crippen LogP contribution in [-0.4, -0.2) is 65.8 Å². The summed E-state index contributed by atoms with van der Waals surface area (Å²) in [5, 5.41) is 5.77. The molecule has 0 saturated carbocycles. The van der Waals surface area contributed by atoms with E-state index in [9.17, 15) is 31.9 Å². The number of rotatable bonds is 9. The van der Waals surface area contributed by atoms with Gasteiger partial charge in [-0.15, -0.1) is 0 Å². The molecule has 2 heterocycles. The number of benzene rings is 3. The molecule has 0 spiro atoms. The number of likely N-dealkylation sites (N-methyl/N-ethyl adjacent to an activating group) is 1. The average Bonchev–Trinajstić information content (AvgIpc) is 3.42. The van der Waals surface area contributed by atoms with Crippen molar-refractivity contribution >= 4 is 34.4 Å². The number of aryl methyl sites for hydroxylation is 1. The number of nitrogens with zero attached hydrogens (tertiary/aromatic N) is 3. The quantitative estimate of drug-likeness (QED) is 0.218. The number of amides is 4. The molecule has 0 radical (unpaired) electrons. The Labute approximate surface area is 275 Å². The molecule has 1 aliphatic heterocycles. The van der Waals surface area contributed by atoms with Crippen LogP contribution in [0.4, 0.5) is 28.0 Å². The first-order valence-corrected chi connectivity index (χ1v) is 15.5. The number of carbonyl (C=O) groups is 3. The fourth-order valence-corrected chi connectivity index (χ4v) is 5.88. The van der Waals surface area contributed by atoms with Crippen molar-refractivity contribution in [1.82, 2.24) is 20.1 Å². The zero-order chi connectivity index (χ0) is 34.6. The lowest BCUT2D eigenvalue weighted by Gasteiger charge is -2.35. The number of halogens is 4. The highest BCUT2D eigenvalue weighted by Gasteiger charge is 2.38. The first-order chi connectivity index (χ1) is 22.8. The summed E-state index contributed by atoms with van der Waals surface area (Å²) < 4.78 is 58.9. The summed E-state index contributed by atoms with van der Waals surface area (Å²) in [7, 11) is 3.48. The van der Waals surface area contributed by atoms with Crippen molar-refractivity contribution in [3.63, 3.8) is 0 Å². The van der Waals surface area contributed by atoms with Crippen LogP contribution >= 0.6 is 0 Å². The van der Waals surface area contributed by atoms with Crippen LogP contribution in [0.1, 0.15) is 36.8 Å². The van der Waals surface area contributed by atoms with Gasteiger partial charge in [-0.2, -0.15) is 13.2 Å². The number of nitrogens with one attached hydrogen (secondary N) is 2. The Hall–Kier alpha value is -5.07. The Morgan fingerprint density at radius 2 is 1.62 bits per heavy atom. The van der Waals surface area contributed by atoms with Gasteiger partial charge in [-0.1, -0.05) is 37.3 Å². The van der Waals surface area contributed by atoms with E-state index in [1.807, 2.05) is 54.3 Å². The van der Waals surface area contributed by atoms with E-state index in [0.29, 0.717) is 42.9 Å². The zero-order valence-corrected chi connectivity index (χ0v) is 26.8. The molecule has 13 heteroatoms. The molecule has 0 bridgehead atoms. The molecule has 1 fully saturated rings. The van der Waals surface area contributed by atoms with E-state index >= 15 is 0 Å². The van der Waals surface area contributed by atoms with E-state index in [2.05, 4.69) is 5.32 Å². The molecule has 9 nitrogen and oxygen atoms in total. The van der Waals surface area contributed by atoms with Crippen LogP contribution in [0, 0.1) is 5.82 Å². The topological polar surface area (TPSA) is 95.9 Å². The van der Waals surface area contributed by atoms with Crippen LogP contribution in [-0.2, 0) is 23.2 Å². The predicted molar refractivity (Wildman–Crippen MR) is 173 cm³/mol. The summed E-state index contributed by atoms with van der Waals surface area (Å²) >= 11 is 0. The van der Waals surface area contributed by atoms with Crippen molar-refractivity contribution in [3.8, 4) is 5.75 Å². The van der Waals surface area contributed by atoms with Crippen molar-refractivity contribution in [2.24, 2.45) is 7.05 Å². The minimum absolute atomic E-state index is 0.151. The Balaban J connectivity index is 1.31. The lowest BCUT2D eigenvalue weighted by Crippen LogP contribution is -2.55. The average molecular weight is 668 g/mol. The molecule has 4 aromatic rings. The molecule has 2 atom stereocenters. The second kappa shape index (κ2) is 14.4. The number of likely N-dealkylation sites (tertiary alicyclic amines) is 1. The number of aromatic nitrogens is 1. The maximum Gasteiger partial charge on any atom is 0.471 e. The first-order valence-electron chi connectivity index (χ1n) is 15.5. The van der Waals surface area contributed by atoms with Gasteiger partial charge in [0.25, 0.3) is 0 Å². The molecular weight excluding hydrogens is 630 g/mol. The number of carbonyl (C=O) groups excluding carboxylic acids is 3. The van der Waals surface area contributed by atoms with Gasteiger partial charge in [-0.25, -0.2) is 9.18 Å². The third-order valence-electron chi connectivity index (χ3n) is 8.67. The summed E-state index contributed by atoms with van der Waals surface area (Å²) in [6.45, 7) is 2.33. The lowest BCUT2D eigenvalue weighted by atomic mass is 9.91. The number of hydrogen-bond acceptors (Lipinski definition) is 4. The molecule has 1 aliphatic rings. The van der Waals surface area contributed by atoms with Crippen LogP contribution < -0.4 is 20.3 Å². The third-order valence-corrected chi connectivity index (χ3v) is 8.67. The van der Waals surface area contributed by atoms with Gasteiger partial charge >= 0.3 is 18.1 Å². The van der Waals surface area contributed by atoms with Crippen LogP contribution in [0.3, 0.4) is 0 Å². The molecule has 1 saturated heterocycles. The van der Waals surface area contributed by atoms with Gasteiger partial charge in [0.05, 0.1) is 0 Å². The van der Waals surface area contributed by atoms with Gasteiger partial charge in [0.1, 0.15) is 23.7 Å². The summed E-state index contributed by atoms with van der Waals surface area (Å²) in [6, 6.07) is 18.4. The highest BCUT2D eigenvalue weighted by molar-refractivity contribution is 6.00. The molecule has 1 aromatic heterocycles. The Bertz CT molecular complexity index is 1750. The molecule has 2 unspecified atom stereocenters. The van der Waals surface area contributed by atoms with Gasteiger partial charge in [-0.05, 0) is 53.6 Å². The maximum atomic E-state index is 14.2. The smallest absolute Gasteiger partial charge is 0.471 e. The maximum absolute atomic E-state index is 14.2. The third kappa shape index (κ3) is 7.89. The van der Waals surface area contributed by atoms with Gasteiger partial charge in [0, 0.05) is 75.3 Å². The molecule has 0 aliphatic carbocycles. The minimum Gasteiger partial charge on any atom is -0.490 e. The van der Waals surface area contributed by atoms with Crippen molar-refractivity contribution in [2.75, 3.05) is 25.0 Å². The summed E-state index contributed by atoms with van der Waals surface area (Å²) in [5.41, 5.74) is 2.72. The normalized spacial score (nSPS) is 15.1. The number of piperidine rings is 1. The van der Waals surface area contributed by atoms with E-state index in [4.69, 9.17) is 4.74 Å². The second-order valence-corrected chi connectivity index (χ2v) is 11.9. The second-order valence-electron chi connectivity index (χ2n) is 11.9. The fourth-order valence-electron chi connectivity index (χ4n) is 5.88. The summed E-state index contributed by atoms with van der Waals surface area (Å²) in [6.07, 6.45) is -2.08. The Kier molecular flexibility index (Phi) is 10.3. The number of alkyl halides is 3. The van der Waals surface area contributed by atoms with Gasteiger partial charge in [0.2, 0.25) is 5.91 Å². The first kappa shape index (κ1) is 34.3. The number of hydrogen-bond donors (Lipinski definition) is 2. The van der Waals surface area contributed by atoms with Crippen LogP contribution in [0.2, 0.25) is 0 Å². The monoisotopic (exact) mass is 667 g/mol. The number of anilines is 1. The van der Waals surface area contributed by atoms with E-state index in [-0.39, 0.29) is 18.5 Å². The van der Waals surface area contributed by atoms with Crippen molar-refractivity contribution in [2.45, 2.75) is 50.6 Å². The molecule has 3 aromatic carbocycles. The van der Waals surface area contributed by atoms with Crippen LogP contribution in [0.5, 0.6) is 5.75 Å². The number of ether oxygens (including phenoxy) is 1. The van der Waals surface area contributed by atoms with E-state index in [1.54, 1.807) is 36.2 Å². The van der Waals surface area contributed by atoms with Crippen molar-refractivity contribution < 1.29 is 36.7 Å². The van der Waals surface area contributed by atoms with E-state index < -0.39 is 36.0 Å². The standard InChI is InChI=1S/C35H37F4N5O4/c1-22(29-21-42(2)30-7-5-4-6-28(29)30)31(32(45)43(3)25-12-8-23(9-13-25)20-40-33(46)35(37,38)39)41-34(47)44-18-16-27(17-19-44)48-26-14-10-24(36)11-15-26/h4-15,21-22,27,31H,16-20H2,1-3H3,(H,40,46)(H,41,47). The van der Waals surface area contributed by atoms with Crippen molar-refractivity contribution in [1.29, 1.82) is 0 Å². The van der Waals surface area contributed by atoms with Crippen molar-refractivity contribution in [3.05, 3.63) is 95.9 Å². The van der Waals surface area contributed by atoms with Gasteiger partial charge in [0.15, 0.2) is 0 Å². The van der Waals surface area contributed by atoms with E-state index in [0.717, 1.165) is 16.5 Å². The largest absolute Gasteiger partial charge is 0.490 e. The number of fused-ring (bicyclic) bond motifs is 1. The molecule has 48 heavy (non-hydrogen) atoms. The van der Waals surface area contributed by atoms with Crippen LogP contribution in [0.25, 0.3) is 10.9 Å². The molecule has 4 amide bonds. The predicted octanol–water partition coefficient (Wildman–Crippen LogP) is 5.88. The Morgan fingerprint density at radius 1 is 0.979 bits per heavy atom. The lowest BCUT2D eigenvalue weighted by molar-refractivity contribution is -0.173. The highest BCUT2D eigenvalue weighted by Crippen LogP contribution is 2.31.